The van der Waals surface area contributed by atoms with Crippen molar-refractivity contribution >= 4 is 12.1 Å². The maximum Gasteiger partial charge on any atom is 0.271 e. The predicted molar refractivity (Wildman–Crippen MR) is 119 cm³/mol. The molecule has 0 saturated heterocycles. The van der Waals surface area contributed by atoms with Crippen LogP contribution < -0.4 is 10.2 Å². The van der Waals surface area contributed by atoms with E-state index >= 15 is 0 Å². The molecule has 30 heavy (non-hydrogen) atoms. The summed E-state index contributed by atoms with van der Waals surface area (Å²) in [7, 11) is 1.63. The zero-order valence-electron chi connectivity index (χ0n) is 17.0. The van der Waals surface area contributed by atoms with Gasteiger partial charge in [0.05, 0.1) is 13.3 Å². The molecule has 5 nitrogen and oxygen atoms in total. The molecular weight excluding hydrogens is 374 g/mol. The lowest BCUT2D eigenvalue weighted by Crippen LogP contribution is -2.30. The molecule has 4 rings (SSSR count). The maximum absolute atomic E-state index is 12.3. The fraction of sp³-hybridized carbons (Fsp3) is 0.200. The molecule has 0 unspecified atom stereocenters. The Balaban J connectivity index is 1.30. The molecule has 1 aliphatic heterocycles. The predicted octanol–water partition coefficient (Wildman–Crippen LogP) is 4.02. The lowest BCUT2D eigenvalue weighted by Gasteiger charge is -2.28. The molecule has 152 valence electrons. The highest BCUT2D eigenvalue weighted by Gasteiger charge is 2.15. The molecule has 1 amide bonds. The summed E-state index contributed by atoms with van der Waals surface area (Å²) in [5.74, 6) is 0.559. The van der Waals surface area contributed by atoms with Gasteiger partial charge in [-0.15, -0.1) is 0 Å². The van der Waals surface area contributed by atoms with Gasteiger partial charge in [0.15, 0.2) is 0 Å². The first-order chi connectivity index (χ1) is 14.7. The fourth-order valence-electron chi connectivity index (χ4n) is 3.63. The standard InChI is InChI=1S/C25H25N3O2/c1-30-24-12-8-19(9-13-24)16-26-27-25(29)22-10-6-20(7-11-22)17-28-15-14-21-4-2-3-5-23(21)18-28/h2-13,16H,14-15,17-18H2,1H3,(H,27,29)/b26-16-. The van der Waals surface area contributed by atoms with Gasteiger partial charge in [-0.1, -0.05) is 36.4 Å². The molecule has 5 heteroatoms. The van der Waals surface area contributed by atoms with Crippen molar-refractivity contribution in [2.45, 2.75) is 19.5 Å². The highest BCUT2D eigenvalue weighted by Crippen LogP contribution is 2.20. The van der Waals surface area contributed by atoms with E-state index in [1.807, 2.05) is 48.5 Å². The van der Waals surface area contributed by atoms with Crippen LogP contribution in [0.15, 0.2) is 77.9 Å². The van der Waals surface area contributed by atoms with Crippen LogP contribution in [0.3, 0.4) is 0 Å². The summed E-state index contributed by atoms with van der Waals surface area (Å²) >= 11 is 0. The van der Waals surface area contributed by atoms with Crippen molar-refractivity contribution in [2.24, 2.45) is 5.10 Å². The number of nitrogens with one attached hydrogen (secondary N) is 1. The topological polar surface area (TPSA) is 53.9 Å². The van der Waals surface area contributed by atoms with E-state index < -0.39 is 0 Å². The minimum absolute atomic E-state index is 0.224. The molecule has 1 aliphatic rings. The molecule has 0 spiro atoms. The lowest BCUT2D eigenvalue weighted by atomic mass is 9.99. The number of ether oxygens (including phenoxy) is 1. The molecule has 0 bridgehead atoms. The summed E-state index contributed by atoms with van der Waals surface area (Å²) < 4.78 is 5.13. The average molecular weight is 399 g/mol. The Morgan fingerprint density at radius 1 is 1.03 bits per heavy atom. The van der Waals surface area contributed by atoms with E-state index in [1.54, 1.807) is 13.3 Å². The summed E-state index contributed by atoms with van der Waals surface area (Å²) in [6.45, 7) is 2.91. The summed E-state index contributed by atoms with van der Waals surface area (Å²) in [4.78, 5) is 14.8. The molecule has 0 aromatic heterocycles. The van der Waals surface area contributed by atoms with Gasteiger partial charge in [-0.2, -0.15) is 5.10 Å². The van der Waals surface area contributed by atoms with Gasteiger partial charge in [0.2, 0.25) is 0 Å². The molecule has 3 aromatic carbocycles. The van der Waals surface area contributed by atoms with E-state index in [4.69, 9.17) is 4.74 Å². The first-order valence-corrected chi connectivity index (χ1v) is 10.1. The molecule has 0 radical (unpaired) electrons. The van der Waals surface area contributed by atoms with Crippen molar-refractivity contribution in [1.82, 2.24) is 10.3 Å². The van der Waals surface area contributed by atoms with Gasteiger partial charge >= 0.3 is 0 Å². The van der Waals surface area contributed by atoms with Crippen LogP contribution in [-0.2, 0) is 19.5 Å². The van der Waals surface area contributed by atoms with Crippen molar-refractivity contribution in [2.75, 3.05) is 13.7 Å². The Bertz CT molecular complexity index is 1030. The van der Waals surface area contributed by atoms with E-state index in [-0.39, 0.29) is 5.91 Å². The fourth-order valence-corrected chi connectivity index (χ4v) is 3.63. The van der Waals surface area contributed by atoms with Crippen LogP contribution in [0.1, 0.15) is 32.6 Å². The number of benzene rings is 3. The van der Waals surface area contributed by atoms with Crippen molar-refractivity contribution in [3.63, 3.8) is 0 Å². The summed E-state index contributed by atoms with van der Waals surface area (Å²) in [6.07, 6.45) is 2.70. The second-order valence-corrected chi connectivity index (χ2v) is 7.40. The third kappa shape index (κ3) is 4.93. The second kappa shape index (κ2) is 9.37. The van der Waals surface area contributed by atoms with E-state index in [0.29, 0.717) is 5.56 Å². The lowest BCUT2D eigenvalue weighted by molar-refractivity contribution is 0.0955. The van der Waals surface area contributed by atoms with Crippen LogP contribution in [-0.4, -0.2) is 30.7 Å². The number of carbonyl (C=O) groups is 1. The zero-order valence-corrected chi connectivity index (χ0v) is 17.0. The van der Waals surface area contributed by atoms with E-state index in [9.17, 15) is 4.79 Å². The Labute approximate surface area is 177 Å². The van der Waals surface area contributed by atoms with Gasteiger partial charge in [0, 0.05) is 25.2 Å². The summed E-state index contributed by atoms with van der Waals surface area (Å²) in [6, 6.07) is 23.8. The summed E-state index contributed by atoms with van der Waals surface area (Å²) in [5.41, 5.74) is 8.12. The van der Waals surface area contributed by atoms with Gasteiger partial charge in [-0.3, -0.25) is 9.69 Å². The Kier molecular flexibility index (Phi) is 6.20. The molecule has 0 atom stereocenters. The number of fused-ring (bicyclic) bond motifs is 1. The average Bonchev–Trinajstić information content (AvgIpc) is 2.80. The molecule has 1 N–H and O–H groups in total. The molecular formula is C25H25N3O2. The molecule has 0 saturated carbocycles. The number of nitrogens with zero attached hydrogens (tertiary/aromatic N) is 2. The summed E-state index contributed by atoms with van der Waals surface area (Å²) in [5, 5.41) is 4.04. The van der Waals surface area contributed by atoms with Crippen molar-refractivity contribution < 1.29 is 9.53 Å². The number of amides is 1. The quantitative estimate of drug-likeness (QED) is 0.503. The van der Waals surface area contributed by atoms with Crippen molar-refractivity contribution in [3.8, 4) is 5.75 Å². The van der Waals surface area contributed by atoms with E-state index in [2.05, 4.69) is 39.7 Å². The number of methoxy groups -OCH3 is 1. The Hall–Kier alpha value is -3.44. The Morgan fingerprint density at radius 2 is 1.77 bits per heavy atom. The number of hydrogen-bond acceptors (Lipinski definition) is 4. The minimum Gasteiger partial charge on any atom is -0.497 e. The zero-order chi connectivity index (χ0) is 20.8. The van der Waals surface area contributed by atoms with Crippen LogP contribution in [0.4, 0.5) is 0 Å². The minimum atomic E-state index is -0.224. The van der Waals surface area contributed by atoms with Crippen LogP contribution in [0.5, 0.6) is 5.75 Å². The highest BCUT2D eigenvalue weighted by molar-refractivity contribution is 5.94. The van der Waals surface area contributed by atoms with Crippen LogP contribution in [0, 0.1) is 0 Å². The SMILES string of the molecule is COc1ccc(/C=N\NC(=O)c2ccc(CN3CCc4ccccc4C3)cc2)cc1. The van der Waals surface area contributed by atoms with E-state index in [1.165, 1.54) is 16.7 Å². The van der Waals surface area contributed by atoms with Gasteiger partial charge in [-0.05, 0) is 65.1 Å². The van der Waals surface area contributed by atoms with Crippen molar-refractivity contribution in [3.05, 3.63) is 101 Å². The van der Waals surface area contributed by atoms with Gasteiger partial charge in [0.25, 0.3) is 5.91 Å². The number of carbonyl (C=O) groups excluding carboxylic acids is 1. The van der Waals surface area contributed by atoms with Crippen LogP contribution in [0.2, 0.25) is 0 Å². The monoisotopic (exact) mass is 399 g/mol. The highest BCUT2D eigenvalue weighted by atomic mass is 16.5. The number of hydrogen-bond donors (Lipinski definition) is 1. The third-order valence-corrected chi connectivity index (χ3v) is 5.33. The normalized spacial score (nSPS) is 13.8. The first-order valence-electron chi connectivity index (χ1n) is 10.1. The van der Waals surface area contributed by atoms with E-state index in [0.717, 1.165) is 37.4 Å². The molecule has 0 aliphatic carbocycles. The third-order valence-electron chi connectivity index (χ3n) is 5.33. The first kappa shape index (κ1) is 19.9. The maximum atomic E-state index is 12.3. The second-order valence-electron chi connectivity index (χ2n) is 7.40. The van der Waals surface area contributed by atoms with Crippen LogP contribution >= 0.6 is 0 Å². The van der Waals surface area contributed by atoms with Crippen LogP contribution in [0.25, 0.3) is 0 Å². The van der Waals surface area contributed by atoms with Gasteiger partial charge in [0.1, 0.15) is 5.75 Å². The molecule has 3 aromatic rings. The smallest absolute Gasteiger partial charge is 0.271 e. The van der Waals surface area contributed by atoms with Gasteiger partial charge < -0.3 is 4.74 Å². The Morgan fingerprint density at radius 3 is 2.50 bits per heavy atom. The number of hydrazone groups is 1. The molecule has 0 fully saturated rings. The van der Waals surface area contributed by atoms with Crippen molar-refractivity contribution in [1.29, 1.82) is 0 Å². The largest absolute Gasteiger partial charge is 0.497 e. The molecule has 1 heterocycles. The van der Waals surface area contributed by atoms with Gasteiger partial charge in [-0.25, -0.2) is 5.43 Å². The number of rotatable bonds is 6.